The van der Waals surface area contributed by atoms with Gasteiger partial charge in [0.25, 0.3) is 0 Å². The molecule has 0 aliphatic heterocycles. The fourth-order valence-corrected chi connectivity index (χ4v) is 1.35. The van der Waals surface area contributed by atoms with Crippen LogP contribution in [0.25, 0.3) is 0 Å². The molecule has 1 aliphatic rings. The molecule has 1 aliphatic carbocycles. The van der Waals surface area contributed by atoms with Gasteiger partial charge in [0.15, 0.2) is 0 Å². The summed E-state index contributed by atoms with van der Waals surface area (Å²) < 4.78 is 1.60. The lowest BCUT2D eigenvalue weighted by molar-refractivity contribution is 0.701. The summed E-state index contributed by atoms with van der Waals surface area (Å²) in [4.78, 5) is 0. The number of anilines is 1. The average Bonchev–Trinajstić information content (AvgIpc) is 2.74. The van der Waals surface area contributed by atoms with Crippen LogP contribution in [0.5, 0.6) is 0 Å². The summed E-state index contributed by atoms with van der Waals surface area (Å²) in [6.07, 6.45) is 2.20. The van der Waals surface area contributed by atoms with E-state index < -0.39 is 0 Å². The summed E-state index contributed by atoms with van der Waals surface area (Å²) in [6, 6.07) is 0. The SMILES string of the molecule is Cn1nnnc1NC1(CCl)CC1. The van der Waals surface area contributed by atoms with Crippen molar-refractivity contribution >= 4 is 17.5 Å². The van der Waals surface area contributed by atoms with Gasteiger partial charge in [0.1, 0.15) is 0 Å². The van der Waals surface area contributed by atoms with Crippen LogP contribution in [-0.2, 0) is 7.05 Å². The lowest BCUT2D eigenvalue weighted by atomic mass is 10.3. The van der Waals surface area contributed by atoms with E-state index in [1.54, 1.807) is 11.7 Å². The Bertz CT molecular complexity index is 279. The minimum atomic E-state index is 0.0596. The Morgan fingerprint density at radius 1 is 1.67 bits per heavy atom. The Kier molecular flexibility index (Phi) is 1.68. The average molecular weight is 188 g/mol. The Hall–Kier alpha value is -0.840. The molecule has 2 rings (SSSR count). The minimum absolute atomic E-state index is 0.0596. The van der Waals surface area contributed by atoms with Gasteiger partial charge in [-0.3, -0.25) is 0 Å². The van der Waals surface area contributed by atoms with Crippen molar-refractivity contribution in [1.82, 2.24) is 20.2 Å². The predicted octanol–water partition coefficient (Wildman–Crippen LogP) is 0.393. The molecule has 12 heavy (non-hydrogen) atoms. The molecule has 1 N–H and O–H groups in total. The molecule has 5 nitrogen and oxygen atoms in total. The van der Waals surface area contributed by atoms with Gasteiger partial charge in [-0.25, -0.2) is 4.68 Å². The lowest BCUT2D eigenvalue weighted by Gasteiger charge is -2.12. The van der Waals surface area contributed by atoms with E-state index in [0.29, 0.717) is 11.8 Å². The van der Waals surface area contributed by atoms with Crippen molar-refractivity contribution in [2.75, 3.05) is 11.2 Å². The second-order valence-corrected chi connectivity index (χ2v) is 3.43. The molecule has 1 fully saturated rings. The third kappa shape index (κ3) is 1.24. The lowest BCUT2D eigenvalue weighted by Crippen LogP contribution is -2.25. The van der Waals surface area contributed by atoms with E-state index in [4.69, 9.17) is 11.6 Å². The molecule has 0 spiro atoms. The van der Waals surface area contributed by atoms with Crippen LogP contribution in [0.1, 0.15) is 12.8 Å². The van der Waals surface area contributed by atoms with Gasteiger partial charge in [-0.2, -0.15) is 0 Å². The number of aromatic nitrogens is 4. The van der Waals surface area contributed by atoms with E-state index in [9.17, 15) is 0 Å². The zero-order valence-corrected chi connectivity index (χ0v) is 7.54. The van der Waals surface area contributed by atoms with E-state index in [1.807, 2.05) is 0 Å². The van der Waals surface area contributed by atoms with E-state index >= 15 is 0 Å². The second-order valence-electron chi connectivity index (χ2n) is 3.17. The predicted molar refractivity (Wildman–Crippen MR) is 45.1 cm³/mol. The van der Waals surface area contributed by atoms with Gasteiger partial charge in [0.2, 0.25) is 5.95 Å². The van der Waals surface area contributed by atoms with Crippen LogP contribution in [0.3, 0.4) is 0 Å². The molecule has 0 saturated heterocycles. The first-order valence-electron chi connectivity index (χ1n) is 3.82. The number of halogens is 1. The van der Waals surface area contributed by atoms with Gasteiger partial charge in [-0.15, -0.1) is 11.6 Å². The van der Waals surface area contributed by atoms with Gasteiger partial charge in [0, 0.05) is 12.9 Å². The van der Waals surface area contributed by atoms with Gasteiger partial charge in [-0.05, 0) is 23.3 Å². The molecular weight excluding hydrogens is 178 g/mol. The molecule has 0 aromatic carbocycles. The van der Waals surface area contributed by atoms with E-state index in [1.165, 1.54) is 0 Å². The number of nitrogens with zero attached hydrogens (tertiary/aromatic N) is 4. The third-order valence-corrected chi connectivity index (χ3v) is 2.62. The van der Waals surface area contributed by atoms with Crippen LogP contribution >= 0.6 is 11.6 Å². The largest absolute Gasteiger partial charge is 0.346 e. The number of hydrogen-bond acceptors (Lipinski definition) is 4. The van der Waals surface area contributed by atoms with E-state index in [2.05, 4.69) is 20.8 Å². The van der Waals surface area contributed by atoms with Gasteiger partial charge in [0.05, 0.1) is 5.54 Å². The first-order valence-corrected chi connectivity index (χ1v) is 4.36. The Labute approximate surface area is 75.1 Å². The van der Waals surface area contributed by atoms with Crippen LogP contribution in [0, 0.1) is 0 Å². The zero-order chi connectivity index (χ0) is 8.60. The number of nitrogens with one attached hydrogen (secondary N) is 1. The maximum Gasteiger partial charge on any atom is 0.243 e. The van der Waals surface area contributed by atoms with Crippen LogP contribution in [-0.4, -0.2) is 31.6 Å². The van der Waals surface area contributed by atoms with Crippen molar-refractivity contribution in [1.29, 1.82) is 0 Å². The number of aryl methyl sites for hydroxylation is 1. The normalized spacial score (nSPS) is 19.2. The monoisotopic (exact) mass is 187 g/mol. The smallest absolute Gasteiger partial charge is 0.243 e. The first-order chi connectivity index (χ1) is 5.76. The van der Waals surface area contributed by atoms with Crippen molar-refractivity contribution in [3.63, 3.8) is 0 Å². The summed E-state index contributed by atoms with van der Waals surface area (Å²) >= 11 is 5.78. The van der Waals surface area contributed by atoms with Crippen LogP contribution in [0.4, 0.5) is 5.95 Å². The molecule has 0 unspecified atom stereocenters. The van der Waals surface area contributed by atoms with Crippen LogP contribution in [0.2, 0.25) is 0 Å². The van der Waals surface area contributed by atoms with Crippen LogP contribution in [0.15, 0.2) is 0 Å². The molecule has 0 bridgehead atoms. The molecule has 0 radical (unpaired) electrons. The van der Waals surface area contributed by atoms with Crippen molar-refractivity contribution in [3.8, 4) is 0 Å². The molecular formula is C6H10ClN5. The molecule has 0 atom stereocenters. The maximum absolute atomic E-state index is 5.78. The second kappa shape index (κ2) is 2.58. The molecule has 6 heteroatoms. The summed E-state index contributed by atoms with van der Waals surface area (Å²) in [6.45, 7) is 0. The Morgan fingerprint density at radius 3 is 2.83 bits per heavy atom. The molecule has 0 amide bonds. The molecule has 1 saturated carbocycles. The highest BCUT2D eigenvalue weighted by Crippen LogP contribution is 2.39. The number of rotatable bonds is 3. The molecule has 1 heterocycles. The fraction of sp³-hybridized carbons (Fsp3) is 0.833. The highest BCUT2D eigenvalue weighted by molar-refractivity contribution is 6.19. The standard InChI is InChI=1S/C6H10ClN5/c1-12-5(9-10-11-12)8-6(4-7)2-3-6/h2-4H2,1H3,(H,8,9,11). The number of alkyl halides is 1. The summed E-state index contributed by atoms with van der Waals surface area (Å²) in [5.41, 5.74) is 0.0596. The topological polar surface area (TPSA) is 55.6 Å². The van der Waals surface area contributed by atoms with E-state index in [0.717, 1.165) is 12.8 Å². The number of tetrazole rings is 1. The minimum Gasteiger partial charge on any atom is -0.346 e. The zero-order valence-electron chi connectivity index (χ0n) is 6.79. The molecule has 66 valence electrons. The Balaban J connectivity index is 2.08. The highest BCUT2D eigenvalue weighted by Gasteiger charge is 2.42. The Morgan fingerprint density at radius 2 is 2.42 bits per heavy atom. The van der Waals surface area contributed by atoms with Crippen molar-refractivity contribution in [2.45, 2.75) is 18.4 Å². The highest BCUT2D eigenvalue weighted by atomic mass is 35.5. The van der Waals surface area contributed by atoms with Crippen molar-refractivity contribution < 1.29 is 0 Å². The summed E-state index contributed by atoms with van der Waals surface area (Å²) in [5, 5.41) is 14.3. The molecule has 1 aromatic rings. The van der Waals surface area contributed by atoms with Crippen molar-refractivity contribution in [3.05, 3.63) is 0 Å². The van der Waals surface area contributed by atoms with E-state index in [-0.39, 0.29) is 5.54 Å². The fourth-order valence-electron chi connectivity index (χ4n) is 1.02. The van der Waals surface area contributed by atoms with Gasteiger partial charge < -0.3 is 5.32 Å². The summed E-state index contributed by atoms with van der Waals surface area (Å²) in [7, 11) is 1.80. The van der Waals surface area contributed by atoms with Gasteiger partial charge in [-0.1, -0.05) is 5.10 Å². The van der Waals surface area contributed by atoms with Crippen molar-refractivity contribution in [2.24, 2.45) is 7.05 Å². The molecule has 1 aromatic heterocycles. The maximum atomic E-state index is 5.78. The third-order valence-electron chi connectivity index (χ3n) is 2.11. The summed E-state index contributed by atoms with van der Waals surface area (Å²) in [5.74, 6) is 1.30. The quantitative estimate of drug-likeness (QED) is 0.696. The number of hydrogen-bond donors (Lipinski definition) is 1. The van der Waals surface area contributed by atoms with Crippen LogP contribution < -0.4 is 5.32 Å². The van der Waals surface area contributed by atoms with Gasteiger partial charge >= 0.3 is 0 Å². The first kappa shape index (κ1) is 7.79.